The van der Waals surface area contributed by atoms with Gasteiger partial charge in [-0.15, -0.1) is 0 Å². The molecule has 0 atom stereocenters. The van der Waals surface area contributed by atoms with Crippen molar-refractivity contribution in [1.29, 1.82) is 0 Å². The topological polar surface area (TPSA) is 61.6 Å². The first-order valence-electron chi connectivity index (χ1n) is 5.09. The van der Waals surface area contributed by atoms with Crippen LogP contribution in [0.4, 0.5) is 0 Å². The van der Waals surface area contributed by atoms with Crippen LogP contribution in [0.1, 0.15) is 10.4 Å². The molecule has 2 N–H and O–H groups in total. The molecule has 0 spiro atoms. The van der Waals surface area contributed by atoms with E-state index in [2.05, 4.69) is 13.2 Å². The third-order valence-electron chi connectivity index (χ3n) is 1.90. The highest BCUT2D eigenvalue weighted by atomic mass is 16.5. The molecule has 17 heavy (non-hydrogen) atoms. The van der Waals surface area contributed by atoms with Gasteiger partial charge in [0.05, 0.1) is 0 Å². The Balaban J connectivity index is 2.95. The molecule has 0 saturated carbocycles. The van der Waals surface area contributed by atoms with E-state index in [0.29, 0.717) is 30.3 Å². The molecule has 4 heteroatoms. The predicted octanol–water partition coefficient (Wildman–Crippen LogP) is 1.92. The summed E-state index contributed by atoms with van der Waals surface area (Å²) in [5, 5.41) is 0. The van der Waals surface area contributed by atoms with E-state index in [0.717, 1.165) is 0 Å². The molecular formula is C13H15NO3. The van der Waals surface area contributed by atoms with Crippen LogP contribution in [0.25, 0.3) is 0 Å². The number of ether oxygens (including phenoxy) is 2. The average molecular weight is 233 g/mol. The van der Waals surface area contributed by atoms with E-state index < -0.39 is 5.91 Å². The zero-order valence-corrected chi connectivity index (χ0v) is 9.52. The van der Waals surface area contributed by atoms with Gasteiger partial charge in [-0.1, -0.05) is 25.3 Å². The van der Waals surface area contributed by atoms with Crippen molar-refractivity contribution in [3.63, 3.8) is 0 Å². The highest BCUT2D eigenvalue weighted by Crippen LogP contribution is 2.23. The molecule has 0 fully saturated rings. The zero-order valence-electron chi connectivity index (χ0n) is 9.52. The molecule has 4 nitrogen and oxygen atoms in total. The van der Waals surface area contributed by atoms with Gasteiger partial charge < -0.3 is 15.2 Å². The zero-order chi connectivity index (χ0) is 12.7. The quantitative estimate of drug-likeness (QED) is 0.732. The summed E-state index contributed by atoms with van der Waals surface area (Å²) in [6.45, 7) is 7.79. The smallest absolute Gasteiger partial charge is 0.248 e. The third-order valence-corrected chi connectivity index (χ3v) is 1.90. The summed E-state index contributed by atoms with van der Waals surface area (Å²) in [6.07, 6.45) is 3.22. The molecule has 0 aromatic heterocycles. The van der Waals surface area contributed by atoms with Gasteiger partial charge in [-0.3, -0.25) is 4.79 Å². The summed E-state index contributed by atoms with van der Waals surface area (Å²) in [5.41, 5.74) is 5.56. The van der Waals surface area contributed by atoms with E-state index in [1.807, 2.05) is 0 Å². The summed E-state index contributed by atoms with van der Waals surface area (Å²) in [7, 11) is 0. The van der Waals surface area contributed by atoms with Gasteiger partial charge >= 0.3 is 0 Å². The molecule has 1 amide bonds. The maximum Gasteiger partial charge on any atom is 0.248 e. The molecule has 0 saturated heterocycles. The molecule has 1 rings (SSSR count). The summed E-state index contributed by atoms with van der Waals surface area (Å²) in [4.78, 5) is 11.1. The second-order valence-electron chi connectivity index (χ2n) is 3.26. The van der Waals surface area contributed by atoms with Crippen LogP contribution < -0.4 is 15.2 Å². The number of rotatable bonds is 7. The number of hydrogen-bond acceptors (Lipinski definition) is 3. The standard InChI is InChI=1S/C13H15NO3/c1-3-5-16-11-7-10(13(14)15)8-12(9-11)17-6-4-2/h3-4,7-9H,1-2,5-6H2,(H2,14,15). The second-order valence-corrected chi connectivity index (χ2v) is 3.26. The minimum Gasteiger partial charge on any atom is -0.489 e. The molecule has 0 heterocycles. The summed E-state index contributed by atoms with van der Waals surface area (Å²) in [5.74, 6) is 0.498. The van der Waals surface area contributed by atoms with Gasteiger partial charge in [0.1, 0.15) is 24.7 Å². The van der Waals surface area contributed by atoms with Crippen LogP contribution in [0.5, 0.6) is 11.5 Å². The number of amides is 1. The Morgan fingerprint density at radius 1 is 1.12 bits per heavy atom. The van der Waals surface area contributed by atoms with E-state index in [-0.39, 0.29) is 0 Å². The minimum atomic E-state index is -0.530. The summed E-state index contributed by atoms with van der Waals surface area (Å²) in [6, 6.07) is 4.80. The van der Waals surface area contributed by atoms with Crippen molar-refractivity contribution in [1.82, 2.24) is 0 Å². The van der Waals surface area contributed by atoms with Crippen molar-refractivity contribution < 1.29 is 14.3 Å². The molecule has 0 aliphatic carbocycles. The van der Waals surface area contributed by atoms with Gasteiger partial charge in [-0.25, -0.2) is 0 Å². The molecular weight excluding hydrogens is 218 g/mol. The summed E-state index contributed by atoms with van der Waals surface area (Å²) >= 11 is 0. The van der Waals surface area contributed by atoms with Crippen molar-refractivity contribution in [2.24, 2.45) is 5.73 Å². The first kappa shape index (κ1) is 12.8. The average Bonchev–Trinajstić information content (AvgIpc) is 2.33. The first-order chi connectivity index (χ1) is 8.17. The SMILES string of the molecule is C=CCOc1cc(OCC=C)cc(C(N)=O)c1. The molecule has 0 bridgehead atoms. The molecule has 0 aliphatic rings. The molecule has 0 aliphatic heterocycles. The van der Waals surface area contributed by atoms with Gasteiger partial charge in [-0.05, 0) is 12.1 Å². The lowest BCUT2D eigenvalue weighted by Crippen LogP contribution is -2.11. The lowest BCUT2D eigenvalue weighted by atomic mass is 10.2. The third kappa shape index (κ3) is 4.03. The molecule has 1 aromatic carbocycles. The van der Waals surface area contributed by atoms with E-state index >= 15 is 0 Å². The monoisotopic (exact) mass is 233 g/mol. The highest BCUT2D eigenvalue weighted by molar-refractivity contribution is 5.93. The van der Waals surface area contributed by atoms with E-state index in [4.69, 9.17) is 15.2 Å². The van der Waals surface area contributed by atoms with Crippen molar-refractivity contribution >= 4 is 5.91 Å². The number of hydrogen-bond donors (Lipinski definition) is 1. The van der Waals surface area contributed by atoms with Crippen molar-refractivity contribution in [2.45, 2.75) is 0 Å². The highest BCUT2D eigenvalue weighted by Gasteiger charge is 2.06. The molecule has 1 aromatic rings. The van der Waals surface area contributed by atoms with Crippen LogP contribution >= 0.6 is 0 Å². The van der Waals surface area contributed by atoms with Crippen LogP contribution in [-0.2, 0) is 0 Å². The van der Waals surface area contributed by atoms with Crippen molar-refractivity contribution in [3.8, 4) is 11.5 Å². The van der Waals surface area contributed by atoms with Crippen LogP contribution in [0, 0.1) is 0 Å². The number of primary amides is 1. The second kappa shape index (κ2) is 6.37. The lowest BCUT2D eigenvalue weighted by molar-refractivity contribution is 0.0999. The van der Waals surface area contributed by atoms with Crippen LogP contribution in [0.2, 0.25) is 0 Å². The molecule has 0 unspecified atom stereocenters. The van der Waals surface area contributed by atoms with Crippen LogP contribution in [0.15, 0.2) is 43.5 Å². The fraction of sp³-hybridized carbons (Fsp3) is 0.154. The Labute approximate surface area is 100 Å². The number of benzene rings is 1. The Kier molecular flexibility index (Phi) is 4.81. The fourth-order valence-electron chi connectivity index (χ4n) is 1.19. The van der Waals surface area contributed by atoms with E-state index in [1.54, 1.807) is 30.4 Å². The lowest BCUT2D eigenvalue weighted by Gasteiger charge is -2.09. The Hall–Kier alpha value is -2.23. The number of carbonyl (C=O) groups excluding carboxylic acids is 1. The Morgan fingerprint density at radius 2 is 1.59 bits per heavy atom. The largest absolute Gasteiger partial charge is 0.489 e. The predicted molar refractivity (Wildman–Crippen MR) is 66.3 cm³/mol. The fourth-order valence-corrected chi connectivity index (χ4v) is 1.19. The van der Waals surface area contributed by atoms with E-state index in [1.165, 1.54) is 0 Å². The van der Waals surface area contributed by atoms with Gasteiger partial charge in [0, 0.05) is 11.6 Å². The van der Waals surface area contributed by atoms with Gasteiger partial charge in [-0.2, -0.15) is 0 Å². The first-order valence-corrected chi connectivity index (χ1v) is 5.09. The van der Waals surface area contributed by atoms with Crippen LogP contribution in [0.3, 0.4) is 0 Å². The molecule has 0 radical (unpaired) electrons. The maximum absolute atomic E-state index is 11.1. The normalized spacial score (nSPS) is 9.41. The van der Waals surface area contributed by atoms with Gasteiger partial charge in [0.15, 0.2) is 0 Å². The van der Waals surface area contributed by atoms with E-state index in [9.17, 15) is 4.79 Å². The minimum absolute atomic E-state index is 0.339. The Bertz CT molecular complexity index is 396. The number of nitrogens with two attached hydrogens (primary N) is 1. The van der Waals surface area contributed by atoms with Gasteiger partial charge in [0.25, 0.3) is 0 Å². The molecule has 90 valence electrons. The Morgan fingerprint density at radius 3 is 1.94 bits per heavy atom. The maximum atomic E-state index is 11.1. The van der Waals surface area contributed by atoms with Gasteiger partial charge in [0.2, 0.25) is 5.91 Å². The number of carbonyl (C=O) groups is 1. The summed E-state index contributed by atoms with van der Waals surface area (Å²) < 4.78 is 10.7. The van der Waals surface area contributed by atoms with Crippen molar-refractivity contribution in [3.05, 3.63) is 49.1 Å². The van der Waals surface area contributed by atoms with Crippen molar-refractivity contribution in [2.75, 3.05) is 13.2 Å². The van der Waals surface area contributed by atoms with Crippen LogP contribution in [-0.4, -0.2) is 19.1 Å².